The Balaban J connectivity index is 1.43. The van der Waals surface area contributed by atoms with Crippen molar-refractivity contribution in [3.05, 3.63) is 108 Å². The number of carbonyl (C=O) groups is 1. The molecule has 0 saturated heterocycles. The summed E-state index contributed by atoms with van der Waals surface area (Å²) >= 11 is 0. The van der Waals surface area contributed by atoms with Crippen LogP contribution in [0.15, 0.2) is 85.3 Å². The maximum atomic E-state index is 13.4. The van der Waals surface area contributed by atoms with Crippen LogP contribution in [-0.2, 0) is 7.05 Å². The van der Waals surface area contributed by atoms with Gasteiger partial charge in [0.25, 0.3) is 5.91 Å². The van der Waals surface area contributed by atoms with Crippen LogP contribution in [0.25, 0.3) is 27.8 Å². The van der Waals surface area contributed by atoms with E-state index in [0.29, 0.717) is 11.3 Å². The molecule has 0 bridgehead atoms. The number of carbonyl (C=O) groups excluding carboxylic acids is 1. The van der Waals surface area contributed by atoms with Gasteiger partial charge in [-0.3, -0.25) is 9.48 Å². The highest BCUT2D eigenvalue weighted by Gasteiger charge is 2.23. The molecule has 4 aromatic heterocycles. The van der Waals surface area contributed by atoms with Gasteiger partial charge in [0.1, 0.15) is 11.3 Å². The van der Waals surface area contributed by atoms with Gasteiger partial charge in [-0.2, -0.15) is 5.10 Å². The van der Waals surface area contributed by atoms with Crippen molar-refractivity contribution in [2.75, 3.05) is 5.73 Å². The lowest BCUT2D eigenvalue weighted by molar-refractivity contribution is 0.0942. The van der Waals surface area contributed by atoms with E-state index in [4.69, 9.17) is 10.7 Å². The SMILES string of the molecule is CC(NC(=O)c1c(N)nn2cccnc12)c1cc2cccc(C#Cc3ccn(C)n3)c2nc1-c1ccccc1. The molecule has 0 aliphatic rings. The standard InChI is InChI=1S/C30H24N8O/c1-19(33-30(39)25-28(31)36-38-16-7-15-32-29(25)38)24-18-22-11-6-10-21(12-13-23-14-17-37(2)35-23)26(22)34-27(24)20-8-4-3-5-9-20/h3-11,14-19H,1-2H3,(H2,31,36)(H,33,39). The number of hydrogen-bond donors (Lipinski definition) is 2. The predicted octanol–water partition coefficient (Wildman–Crippen LogP) is 4.15. The number of anilines is 1. The van der Waals surface area contributed by atoms with Crippen LogP contribution < -0.4 is 11.1 Å². The number of aromatic nitrogens is 6. The van der Waals surface area contributed by atoms with Crippen molar-refractivity contribution in [3.8, 4) is 23.1 Å². The van der Waals surface area contributed by atoms with Gasteiger partial charge in [-0.05, 0) is 37.1 Å². The maximum Gasteiger partial charge on any atom is 0.259 e. The molecule has 39 heavy (non-hydrogen) atoms. The molecule has 1 unspecified atom stereocenters. The molecule has 9 heteroatoms. The highest BCUT2D eigenvalue weighted by Crippen LogP contribution is 2.31. The van der Waals surface area contributed by atoms with Gasteiger partial charge in [0.2, 0.25) is 0 Å². The van der Waals surface area contributed by atoms with E-state index in [2.05, 4.69) is 38.4 Å². The fourth-order valence-corrected chi connectivity index (χ4v) is 4.55. The number of amides is 1. The van der Waals surface area contributed by atoms with E-state index in [1.54, 1.807) is 23.1 Å². The number of benzene rings is 2. The van der Waals surface area contributed by atoms with Crippen LogP contribution in [0.2, 0.25) is 0 Å². The first-order valence-corrected chi connectivity index (χ1v) is 12.4. The monoisotopic (exact) mass is 512 g/mol. The van der Waals surface area contributed by atoms with Gasteiger partial charge in [0, 0.05) is 42.2 Å². The van der Waals surface area contributed by atoms with Gasteiger partial charge in [0.05, 0.1) is 22.8 Å². The largest absolute Gasteiger partial charge is 0.381 e. The van der Waals surface area contributed by atoms with Crippen molar-refractivity contribution in [2.45, 2.75) is 13.0 Å². The summed E-state index contributed by atoms with van der Waals surface area (Å²) in [7, 11) is 1.86. The molecule has 4 heterocycles. The summed E-state index contributed by atoms with van der Waals surface area (Å²) in [6, 6.07) is 21.0. The van der Waals surface area contributed by atoms with Crippen LogP contribution in [0, 0.1) is 11.8 Å². The summed E-state index contributed by atoms with van der Waals surface area (Å²) in [6.45, 7) is 1.92. The molecule has 6 rings (SSSR count). The lowest BCUT2D eigenvalue weighted by Gasteiger charge is -2.19. The number of rotatable bonds is 4. The Labute approximate surface area is 224 Å². The van der Waals surface area contributed by atoms with E-state index < -0.39 is 6.04 Å². The number of nitrogens with zero attached hydrogens (tertiary/aromatic N) is 6. The lowest BCUT2D eigenvalue weighted by Crippen LogP contribution is -2.28. The molecule has 0 saturated carbocycles. The van der Waals surface area contributed by atoms with Crippen LogP contribution in [-0.4, -0.2) is 35.3 Å². The Hall–Kier alpha value is -5.49. The molecule has 190 valence electrons. The molecule has 1 atom stereocenters. The quantitative estimate of drug-likeness (QED) is 0.343. The van der Waals surface area contributed by atoms with Crippen LogP contribution in [0.3, 0.4) is 0 Å². The molecule has 3 N–H and O–H groups in total. The zero-order chi connectivity index (χ0) is 26.9. The van der Waals surface area contributed by atoms with Crippen molar-refractivity contribution in [1.29, 1.82) is 0 Å². The third kappa shape index (κ3) is 4.55. The zero-order valence-corrected chi connectivity index (χ0v) is 21.3. The van der Waals surface area contributed by atoms with E-state index in [1.807, 2.05) is 74.8 Å². The van der Waals surface area contributed by atoms with Gasteiger partial charge in [-0.15, -0.1) is 5.10 Å². The third-order valence-corrected chi connectivity index (χ3v) is 6.42. The number of pyridine rings is 1. The Kier molecular flexibility index (Phi) is 5.98. The summed E-state index contributed by atoms with van der Waals surface area (Å²) in [5, 5.41) is 12.5. The van der Waals surface area contributed by atoms with Crippen molar-refractivity contribution in [2.24, 2.45) is 7.05 Å². The van der Waals surface area contributed by atoms with Gasteiger partial charge >= 0.3 is 0 Å². The Morgan fingerprint density at radius 1 is 1.00 bits per heavy atom. The number of nitrogens with one attached hydrogen (secondary N) is 1. The normalized spacial score (nSPS) is 11.7. The molecule has 1 amide bonds. The van der Waals surface area contributed by atoms with Gasteiger partial charge in [-0.1, -0.05) is 48.4 Å². The summed E-state index contributed by atoms with van der Waals surface area (Å²) in [5.41, 5.74) is 11.5. The first-order valence-electron chi connectivity index (χ1n) is 12.4. The predicted molar refractivity (Wildman–Crippen MR) is 150 cm³/mol. The Bertz CT molecular complexity index is 1910. The average molecular weight is 513 g/mol. The van der Waals surface area contributed by atoms with E-state index in [1.165, 1.54) is 4.52 Å². The molecular weight excluding hydrogens is 488 g/mol. The van der Waals surface area contributed by atoms with Crippen LogP contribution in [0.4, 0.5) is 5.82 Å². The molecule has 0 aliphatic heterocycles. The van der Waals surface area contributed by atoms with Gasteiger partial charge in [0.15, 0.2) is 11.5 Å². The van der Waals surface area contributed by atoms with Crippen molar-refractivity contribution >= 4 is 28.3 Å². The molecule has 0 spiro atoms. The number of fused-ring (bicyclic) bond motifs is 2. The maximum absolute atomic E-state index is 13.4. The summed E-state index contributed by atoms with van der Waals surface area (Å²) < 4.78 is 3.22. The Morgan fingerprint density at radius 3 is 2.64 bits per heavy atom. The fraction of sp³-hybridized carbons (Fsp3) is 0.100. The zero-order valence-electron chi connectivity index (χ0n) is 21.3. The Morgan fingerprint density at radius 2 is 1.85 bits per heavy atom. The van der Waals surface area contributed by atoms with Crippen LogP contribution in [0.1, 0.15) is 40.1 Å². The second kappa shape index (κ2) is 9.76. The highest BCUT2D eigenvalue weighted by atomic mass is 16.1. The molecular formula is C30H24N8O. The van der Waals surface area contributed by atoms with Crippen molar-refractivity contribution in [1.82, 2.24) is 34.7 Å². The second-order valence-corrected chi connectivity index (χ2v) is 9.14. The molecule has 9 nitrogen and oxygen atoms in total. The summed E-state index contributed by atoms with van der Waals surface area (Å²) in [6.07, 6.45) is 5.16. The molecule has 2 aromatic carbocycles. The summed E-state index contributed by atoms with van der Waals surface area (Å²) in [4.78, 5) is 22.8. The lowest BCUT2D eigenvalue weighted by atomic mass is 9.97. The molecule has 0 radical (unpaired) electrons. The minimum Gasteiger partial charge on any atom is -0.381 e. The number of para-hydroxylation sites is 1. The van der Waals surface area contributed by atoms with E-state index in [-0.39, 0.29) is 17.3 Å². The fourth-order valence-electron chi connectivity index (χ4n) is 4.55. The van der Waals surface area contributed by atoms with Gasteiger partial charge in [-0.25, -0.2) is 14.5 Å². The average Bonchev–Trinajstić information content (AvgIpc) is 3.52. The first kappa shape index (κ1) is 23.9. The second-order valence-electron chi connectivity index (χ2n) is 9.14. The number of hydrogen-bond acceptors (Lipinski definition) is 6. The van der Waals surface area contributed by atoms with Crippen molar-refractivity contribution < 1.29 is 4.79 Å². The molecule has 6 aromatic rings. The third-order valence-electron chi connectivity index (χ3n) is 6.42. The number of nitrogens with two attached hydrogens (primary N) is 1. The van der Waals surface area contributed by atoms with Crippen LogP contribution >= 0.6 is 0 Å². The minimum absolute atomic E-state index is 0.120. The van der Waals surface area contributed by atoms with E-state index >= 15 is 0 Å². The minimum atomic E-state index is -0.397. The summed E-state index contributed by atoms with van der Waals surface area (Å²) in [5.74, 6) is 6.12. The van der Waals surface area contributed by atoms with Crippen LogP contribution in [0.5, 0.6) is 0 Å². The van der Waals surface area contributed by atoms with E-state index in [9.17, 15) is 4.79 Å². The smallest absolute Gasteiger partial charge is 0.259 e. The molecule has 0 fully saturated rings. The van der Waals surface area contributed by atoms with Crippen molar-refractivity contribution in [3.63, 3.8) is 0 Å². The molecule has 0 aliphatic carbocycles. The highest BCUT2D eigenvalue weighted by molar-refractivity contribution is 6.04. The topological polar surface area (TPSA) is 116 Å². The number of nitrogen functional groups attached to an aromatic ring is 1. The van der Waals surface area contributed by atoms with E-state index in [0.717, 1.165) is 33.3 Å². The van der Waals surface area contributed by atoms with Gasteiger partial charge < -0.3 is 11.1 Å². The first-order chi connectivity index (χ1) is 19.0. The number of aryl methyl sites for hydroxylation is 1.